The van der Waals surface area contributed by atoms with Gasteiger partial charge in [-0.05, 0) is 18.2 Å². The summed E-state index contributed by atoms with van der Waals surface area (Å²) in [5, 5.41) is 18.8. The Morgan fingerprint density at radius 2 is 1.90 bits per heavy atom. The molecule has 6 heteroatoms. The molecule has 20 heavy (non-hydrogen) atoms. The Kier molecular flexibility index (Phi) is 4.89. The number of hydrogen-bond donors (Lipinski definition) is 3. The van der Waals surface area contributed by atoms with Crippen molar-refractivity contribution in [2.75, 3.05) is 36.9 Å². The third-order valence-corrected chi connectivity index (χ3v) is 3.26. The van der Waals surface area contributed by atoms with Crippen LogP contribution in [0.2, 0.25) is 5.02 Å². The van der Waals surface area contributed by atoms with Gasteiger partial charge >= 0.3 is 0 Å². The van der Waals surface area contributed by atoms with Crippen LogP contribution in [0.25, 0.3) is 11.1 Å². The monoisotopic (exact) mass is 296 g/mol. The van der Waals surface area contributed by atoms with Gasteiger partial charge in [0.2, 0.25) is 0 Å². The molecule has 0 aliphatic heterocycles. The fourth-order valence-electron chi connectivity index (χ4n) is 2.16. The van der Waals surface area contributed by atoms with Gasteiger partial charge in [0.25, 0.3) is 0 Å². The van der Waals surface area contributed by atoms with Gasteiger partial charge in [-0.1, -0.05) is 11.6 Å². The molecule has 4 N–H and O–H groups in total. The Morgan fingerprint density at radius 3 is 2.45 bits per heavy atom. The zero-order valence-corrected chi connectivity index (χ0v) is 11.7. The van der Waals surface area contributed by atoms with Crippen LogP contribution in [-0.4, -0.2) is 36.5 Å². The molecule has 2 rings (SSSR count). The SMILES string of the molecule is Nc1cc(Cl)c(N(CCO)CCO)c(-c2ccoc2)c1. The molecule has 1 aromatic heterocycles. The predicted octanol–water partition coefficient (Wildman–Crippen LogP) is 1.97. The summed E-state index contributed by atoms with van der Waals surface area (Å²) >= 11 is 6.30. The van der Waals surface area contributed by atoms with Crippen molar-refractivity contribution in [1.29, 1.82) is 0 Å². The van der Waals surface area contributed by atoms with Crippen molar-refractivity contribution in [2.45, 2.75) is 0 Å². The van der Waals surface area contributed by atoms with Gasteiger partial charge in [0.05, 0.1) is 36.5 Å². The van der Waals surface area contributed by atoms with Crippen molar-refractivity contribution >= 4 is 23.0 Å². The van der Waals surface area contributed by atoms with Crippen molar-refractivity contribution in [3.63, 3.8) is 0 Å². The van der Waals surface area contributed by atoms with Gasteiger partial charge in [-0.15, -0.1) is 0 Å². The minimum atomic E-state index is -0.0362. The molecule has 0 unspecified atom stereocenters. The standard InChI is InChI=1S/C14H17ClN2O3/c15-13-8-11(16)7-12(10-1-6-20-9-10)14(13)17(2-4-18)3-5-19/h1,6-9,18-19H,2-5,16H2. The van der Waals surface area contributed by atoms with Gasteiger partial charge in [0, 0.05) is 29.9 Å². The summed E-state index contributed by atoms with van der Waals surface area (Å²) in [7, 11) is 0. The van der Waals surface area contributed by atoms with Gasteiger partial charge in [-0.2, -0.15) is 0 Å². The first kappa shape index (κ1) is 14.7. The largest absolute Gasteiger partial charge is 0.472 e. The smallest absolute Gasteiger partial charge is 0.0981 e. The molecule has 0 spiro atoms. The van der Waals surface area contributed by atoms with Crippen LogP contribution in [0.4, 0.5) is 11.4 Å². The summed E-state index contributed by atoms with van der Waals surface area (Å²) in [6.07, 6.45) is 3.17. The first-order valence-electron chi connectivity index (χ1n) is 6.25. The molecule has 1 heterocycles. The highest BCUT2D eigenvalue weighted by Gasteiger charge is 2.17. The number of rotatable bonds is 6. The molecule has 0 bridgehead atoms. The van der Waals surface area contributed by atoms with Crippen molar-refractivity contribution < 1.29 is 14.6 Å². The number of aliphatic hydroxyl groups is 2. The average Bonchev–Trinajstić information content (AvgIpc) is 2.91. The van der Waals surface area contributed by atoms with E-state index in [4.69, 9.17) is 21.8 Å². The normalized spacial score (nSPS) is 10.8. The van der Waals surface area contributed by atoms with E-state index in [1.165, 1.54) is 0 Å². The van der Waals surface area contributed by atoms with Crippen molar-refractivity contribution in [3.05, 3.63) is 35.7 Å². The van der Waals surface area contributed by atoms with Crippen LogP contribution in [0.15, 0.2) is 35.1 Å². The molecule has 0 atom stereocenters. The number of nitrogens with two attached hydrogens (primary N) is 1. The van der Waals surface area contributed by atoms with Gasteiger partial charge in [0.1, 0.15) is 0 Å². The molecular formula is C14H17ClN2O3. The van der Waals surface area contributed by atoms with Crippen LogP contribution >= 0.6 is 11.6 Å². The van der Waals surface area contributed by atoms with E-state index in [2.05, 4.69) is 0 Å². The molecule has 0 fully saturated rings. The zero-order chi connectivity index (χ0) is 14.5. The second kappa shape index (κ2) is 6.65. The van der Waals surface area contributed by atoms with Gasteiger partial charge in [-0.3, -0.25) is 0 Å². The Balaban J connectivity index is 2.54. The molecule has 0 radical (unpaired) electrons. The molecule has 0 aliphatic carbocycles. The quantitative estimate of drug-likeness (QED) is 0.710. The van der Waals surface area contributed by atoms with Gasteiger partial charge in [-0.25, -0.2) is 0 Å². The fraction of sp³-hybridized carbons (Fsp3) is 0.286. The molecule has 0 aliphatic rings. The number of anilines is 2. The third-order valence-electron chi connectivity index (χ3n) is 2.97. The Labute approximate surface area is 122 Å². The van der Waals surface area contributed by atoms with Gasteiger partial charge < -0.3 is 25.3 Å². The molecule has 5 nitrogen and oxygen atoms in total. The van der Waals surface area contributed by atoms with E-state index in [9.17, 15) is 10.2 Å². The molecule has 108 valence electrons. The summed E-state index contributed by atoms with van der Waals surface area (Å²) in [5.41, 5.74) is 8.78. The Bertz CT molecular complexity index is 552. The minimum Gasteiger partial charge on any atom is -0.472 e. The molecule has 0 saturated carbocycles. The van der Waals surface area contributed by atoms with Crippen LogP contribution in [-0.2, 0) is 0 Å². The third kappa shape index (κ3) is 3.07. The zero-order valence-electron chi connectivity index (χ0n) is 10.9. The summed E-state index contributed by atoms with van der Waals surface area (Å²) in [4.78, 5) is 1.82. The number of halogens is 1. The first-order valence-corrected chi connectivity index (χ1v) is 6.63. The van der Waals surface area contributed by atoms with E-state index in [0.29, 0.717) is 23.8 Å². The number of hydrogen-bond acceptors (Lipinski definition) is 5. The van der Waals surface area contributed by atoms with E-state index < -0.39 is 0 Å². The van der Waals surface area contributed by atoms with Crippen molar-refractivity contribution in [2.24, 2.45) is 0 Å². The second-order valence-corrected chi connectivity index (χ2v) is 4.75. The van der Waals surface area contributed by atoms with Crippen molar-refractivity contribution in [3.8, 4) is 11.1 Å². The average molecular weight is 297 g/mol. The number of nitrogens with zero attached hydrogens (tertiary/aromatic N) is 1. The summed E-state index contributed by atoms with van der Waals surface area (Å²) < 4.78 is 5.10. The second-order valence-electron chi connectivity index (χ2n) is 4.35. The van der Waals surface area contributed by atoms with Crippen LogP contribution in [0.1, 0.15) is 0 Å². The molecule has 0 amide bonds. The van der Waals surface area contributed by atoms with E-state index >= 15 is 0 Å². The highest BCUT2D eigenvalue weighted by Crippen LogP contribution is 2.39. The highest BCUT2D eigenvalue weighted by atomic mass is 35.5. The number of benzene rings is 1. The van der Waals surface area contributed by atoms with Gasteiger partial charge in [0.15, 0.2) is 0 Å². The van der Waals surface area contributed by atoms with Crippen LogP contribution in [0.5, 0.6) is 0 Å². The Morgan fingerprint density at radius 1 is 1.20 bits per heavy atom. The lowest BCUT2D eigenvalue weighted by atomic mass is 10.0. The number of aliphatic hydroxyl groups excluding tert-OH is 2. The lowest BCUT2D eigenvalue weighted by molar-refractivity contribution is 0.281. The number of furan rings is 1. The molecular weight excluding hydrogens is 280 g/mol. The van der Waals surface area contributed by atoms with E-state index in [1.54, 1.807) is 24.7 Å². The lowest BCUT2D eigenvalue weighted by Gasteiger charge is -2.27. The topological polar surface area (TPSA) is 82.9 Å². The first-order chi connectivity index (χ1) is 9.67. The Hall–Kier alpha value is -1.69. The lowest BCUT2D eigenvalue weighted by Crippen LogP contribution is -2.30. The maximum Gasteiger partial charge on any atom is 0.0981 e. The van der Waals surface area contributed by atoms with Crippen molar-refractivity contribution in [1.82, 2.24) is 0 Å². The summed E-state index contributed by atoms with van der Waals surface area (Å²) in [6.45, 7) is 0.668. The molecule has 2 aromatic rings. The molecule has 1 aromatic carbocycles. The van der Waals surface area contributed by atoms with Crippen LogP contribution in [0.3, 0.4) is 0 Å². The maximum atomic E-state index is 9.18. The van der Waals surface area contributed by atoms with E-state index in [1.807, 2.05) is 11.0 Å². The maximum absolute atomic E-state index is 9.18. The predicted molar refractivity (Wildman–Crippen MR) is 80.0 cm³/mol. The van der Waals surface area contributed by atoms with Crippen LogP contribution < -0.4 is 10.6 Å². The summed E-state index contributed by atoms with van der Waals surface area (Å²) in [6, 6.07) is 5.26. The molecule has 0 saturated heterocycles. The minimum absolute atomic E-state index is 0.0362. The van der Waals surface area contributed by atoms with E-state index in [-0.39, 0.29) is 13.2 Å². The highest BCUT2D eigenvalue weighted by molar-refractivity contribution is 6.34. The fourth-order valence-corrected chi connectivity index (χ4v) is 2.50. The van der Waals surface area contributed by atoms with Crippen LogP contribution in [0, 0.1) is 0 Å². The van der Waals surface area contributed by atoms with E-state index in [0.717, 1.165) is 16.8 Å². The number of nitrogen functional groups attached to an aromatic ring is 1. The summed E-state index contributed by atoms with van der Waals surface area (Å²) in [5.74, 6) is 0.